The van der Waals surface area contributed by atoms with Crippen molar-refractivity contribution in [3.05, 3.63) is 69.8 Å². The quantitative estimate of drug-likeness (QED) is 0.555. The zero-order valence-electron chi connectivity index (χ0n) is 13.9. The maximum atomic E-state index is 12.2. The predicted molar refractivity (Wildman–Crippen MR) is 106 cm³/mol. The summed E-state index contributed by atoms with van der Waals surface area (Å²) in [6.07, 6.45) is 1.83. The number of benzene rings is 2. The second kappa shape index (κ2) is 7.37. The van der Waals surface area contributed by atoms with Crippen molar-refractivity contribution in [2.75, 3.05) is 14.1 Å². The Labute approximate surface area is 160 Å². The second-order valence-corrected chi connectivity index (χ2v) is 7.00. The van der Waals surface area contributed by atoms with Crippen molar-refractivity contribution in [3.8, 4) is 5.75 Å². The van der Waals surface area contributed by atoms with Gasteiger partial charge in [0.1, 0.15) is 18.1 Å². The van der Waals surface area contributed by atoms with Crippen molar-refractivity contribution in [2.45, 2.75) is 6.61 Å². The molecule has 1 aliphatic rings. The molecule has 1 aliphatic heterocycles. The van der Waals surface area contributed by atoms with E-state index < -0.39 is 0 Å². The van der Waals surface area contributed by atoms with E-state index in [4.69, 9.17) is 17.0 Å². The normalized spacial score (nSPS) is 16.0. The molecule has 0 saturated carbocycles. The minimum Gasteiger partial charge on any atom is -0.489 e. The highest BCUT2D eigenvalue weighted by molar-refractivity contribution is 9.10. The molecule has 0 aliphatic carbocycles. The van der Waals surface area contributed by atoms with E-state index in [1.54, 1.807) is 19.0 Å². The standard InChI is InChI=1S/C19H17BrN2O2S/c1-21-17(18(23)22(2)19(21)25)11-13-5-9-16(10-6-13)24-12-14-3-7-15(20)8-4-14/h3-11H,12H2,1-2H3. The number of carbonyl (C=O) groups is 1. The number of hydrogen-bond donors (Lipinski definition) is 0. The van der Waals surface area contributed by atoms with Gasteiger partial charge in [0, 0.05) is 18.6 Å². The molecule has 1 saturated heterocycles. The number of likely N-dealkylation sites (N-methyl/N-ethyl adjacent to an activating group) is 2. The van der Waals surface area contributed by atoms with Gasteiger partial charge in [0.25, 0.3) is 5.91 Å². The van der Waals surface area contributed by atoms with E-state index in [2.05, 4.69) is 15.9 Å². The van der Waals surface area contributed by atoms with E-state index in [-0.39, 0.29) is 5.91 Å². The maximum Gasteiger partial charge on any atom is 0.276 e. The number of rotatable bonds is 4. The van der Waals surface area contributed by atoms with Crippen LogP contribution < -0.4 is 4.74 Å². The lowest BCUT2D eigenvalue weighted by Crippen LogP contribution is -2.26. The Morgan fingerprint density at radius 2 is 1.68 bits per heavy atom. The summed E-state index contributed by atoms with van der Waals surface area (Å²) in [7, 11) is 3.48. The number of nitrogens with zero attached hydrogens (tertiary/aromatic N) is 2. The largest absolute Gasteiger partial charge is 0.489 e. The van der Waals surface area contributed by atoms with E-state index in [9.17, 15) is 4.79 Å². The Morgan fingerprint density at radius 1 is 1.04 bits per heavy atom. The smallest absolute Gasteiger partial charge is 0.276 e. The Bertz CT molecular complexity index is 832. The second-order valence-electron chi connectivity index (χ2n) is 5.72. The third-order valence-corrected chi connectivity index (χ3v) is 5.04. The van der Waals surface area contributed by atoms with Crippen molar-refractivity contribution in [1.82, 2.24) is 9.80 Å². The summed E-state index contributed by atoms with van der Waals surface area (Å²) in [5, 5.41) is 0.505. The van der Waals surface area contributed by atoms with Crippen LogP contribution in [0, 0.1) is 0 Å². The molecule has 3 rings (SSSR count). The van der Waals surface area contributed by atoms with Crippen LogP contribution in [0.5, 0.6) is 5.75 Å². The molecule has 0 unspecified atom stereocenters. The number of halogens is 1. The average Bonchev–Trinajstić information content (AvgIpc) is 2.80. The number of thiocarbonyl (C=S) groups is 1. The van der Waals surface area contributed by atoms with Gasteiger partial charge < -0.3 is 9.64 Å². The lowest BCUT2D eigenvalue weighted by Gasteiger charge is -2.11. The molecule has 0 spiro atoms. The van der Waals surface area contributed by atoms with Gasteiger partial charge in [-0.05, 0) is 53.7 Å². The van der Waals surface area contributed by atoms with E-state index in [1.807, 2.05) is 54.6 Å². The van der Waals surface area contributed by atoms with Crippen LogP contribution in [0.3, 0.4) is 0 Å². The zero-order chi connectivity index (χ0) is 18.0. The van der Waals surface area contributed by atoms with Crippen LogP contribution in [0.25, 0.3) is 6.08 Å². The first-order valence-corrected chi connectivity index (χ1v) is 8.90. The van der Waals surface area contributed by atoms with Crippen LogP contribution >= 0.6 is 28.1 Å². The van der Waals surface area contributed by atoms with Crippen LogP contribution in [-0.2, 0) is 11.4 Å². The Balaban J connectivity index is 1.68. The SMILES string of the molecule is CN1C(=O)C(=Cc2ccc(OCc3ccc(Br)cc3)cc2)N(C)C1=S. The molecule has 2 aromatic carbocycles. The number of ether oxygens (including phenoxy) is 1. The van der Waals surface area contributed by atoms with Gasteiger partial charge in [0.05, 0.1) is 0 Å². The molecule has 0 atom stereocenters. The van der Waals surface area contributed by atoms with Gasteiger partial charge in [-0.1, -0.05) is 40.2 Å². The number of hydrogen-bond acceptors (Lipinski definition) is 3. The summed E-state index contributed by atoms with van der Waals surface area (Å²) < 4.78 is 6.84. The highest BCUT2D eigenvalue weighted by atomic mass is 79.9. The van der Waals surface area contributed by atoms with Crippen LogP contribution in [0.2, 0.25) is 0 Å². The molecule has 4 nitrogen and oxygen atoms in total. The van der Waals surface area contributed by atoms with Crippen LogP contribution in [0.1, 0.15) is 11.1 Å². The molecule has 1 amide bonds. The van der Waals surface area contributed by atoms with Gasteiger partial charge in [-0.2, -0.15) is 0 Å². The molecule has 0 radical (unpaired) electrons. The lowest BCUT2D eigenvalue weighted by atomic mass is 10.1. The molecule has 0 aromatic heterocycles. The summed E-state index contributed by atoms with van der Waals surface area (Å²) in [6.45, 7) is 0.508. The van der Waals surface area contributed by atoms with Crippen molar-refractivity contribution >= 4 is 45.2 Å². The summed E-state index contributed by atoms with van der Waals surface area (Å²) >= 11 is 8.63. The molecule has 128 valence electrons. The van der Waals surface area contributed by atoms with Gasteiger partial charge in [-0.3, -0.25) is 9.69 Å². The summed E-state index contributed by atoms with van der Waals surface area (Å²) in [6, 6.07) is 15.7. The molecular weight excluding hydrogens is 400 g/mol. The first-order valence-electron chi connectivity index (χ1n) is 7.70. The zero-order valence-corrected chi connectivity index (χ0v) is 16.3. The van der Waals surface area contributed by atoms with Crippen LogP contribution in [0.15, 0.2) is 58.7 Å². The predicted octanol–water partition coefficient (Wildman–Crippen LogP) is 4.06. The number of amides is 1. The first kappa shape index (κ1) is 17.6. The fourth-order valence-corrected chi connectivity index (χ4v) is 2.90. The first-order chi connectivity index (χ1) is 12.0. The monoisotopic (exact) mass is 416 g/mol. The molecule has 25 heavy (non-hydrogen) atoms. The Morgan fingerprint density at radius 3 is 2.24 bits per heavy atom. The minimum absolute atomic E-state index is 0.0944. The summed E-state index contributed by atoms with van der Waals surface area (Å²) in [5.41, 5.74) is 2.59. The van der Waals surface area contributed by atoms with Crippen molar-refractivity contribution in [3.63, 3.8) is 0 Å². The fourth-order valence-electron chi connectivity index (χ4n) is 2.45. The van der Waals surface area contributed by atoms with Crippen LogP contribution in [-0.4, -0.2) is 34.9 Å². The van der Waals surface area contributed by atoms with Crippen molar-refractivity contribution in [1.29, 1.82) is 0 Å². The highest BCUT2D eigenvalue weighted by Gasteiger charge is 2.32. The number of carbonyl (C=O) groups excluding carboxylic acids is 1. The third kappa shape index (κ3) is 3.91. The molecule has 0 bridgehead atoms. The van der Waals surface area contributed by atoms with Gasteiger partial charge >= 0.3 is 0 Å². The topological polar surface area (TPSA) is 32.8 Å². The molecule has 6 heteroatoms. The van der Waals surface area contributed by atoms with Crippen molar-refractivity contribution < 1.29 is 9.53 Å². The van der Waals surface area contributed by atoms with E-state index in [0.29, 0.717) is 17.4 Å². The van der Waals surface area contributed by atoms with E-state index in [1.165, 1.54) is 4.90 Å². The molecule has 0 N–H and O–H groups in total. The molecule has 1 fully saturated rings. The molecular formula is C19H17BrN2O2S. The van der Waals surface area contributed by atoms with Gasteiger partial charge in [0.15, 0.2) is 5.11 Å². The maximum absolute atomic E-state index is 12.2. The lowest BCUT2D eigenvalue weighted by molar-refractivity contribution is -0.121. The summed E-state index contributed by atoms with van der Waals surface area (Å²) in [4.78, 5) is 15.4. The van der Waals surface area contributed by atoms with Crippen LogP contribution in [0.4, 0.5) is 0 Å². The molecule has 2 aromatic rings. The van der Waals surface area contributed by atoms with Gasteiger partial charge in [-0.25, -0.2) is 0 Å². The Kier molecular flexibility index (Phi) is 5.20. The van der Waals surface area contributed by atoms with Gasteiger partial charge in [0.2, 0.25) is 0 Å². The fraction of sp³-hybridized carbons (Fsp3) is 0.158. The van der Waals surface area contributed by atoms with Gasteiger partial charge in [-0.15, -0.1) is 0 Å². The minimum atomic E-state index is -0.0944. The third-order valence-electron chi connectivity index (χ3n) is 3.96. The summed E-state index contributed by atoms with van der Waals surface area (Å²) in [5.74, 6) is 0.687. The van der Waals surface area contributed by atoms with E-state index in [0.717, 1.165) is 21.3 Å². The Hall–Kier alpha value is -2.18. The average molecular weight is 417 g/mol. The molecule has 1 heterocycles. The van der Waals surface area contributed by atoms with Crippen molar-refractivity contribution in [2.24, 2.45) is 0 Å². The highest BCUT2D eigenvalue weighted by Crippen LogP contribution is 2.22. The van der Waals surface area contributed by atoms with E-state index >= 15 is 0 Å².